The Morgan fingerprint density at radius 2 is 1.77 bits per heavy atom. The van der Waals surface area contributed by atoms with Gasteiger partial charge in [-0.15, -0.1) is 11.3 Å². The molecule has 1 aliphatic heterocycles. The second-order valence-corrected chi connectivity index (χ2v) is 9.81. The molecular weight excluding hydrogens is 406 g/mol. The summed E-state index contributed by atoms with van der Waals surface area (Å²) in [5, 5.41) is 0.945. The fourth-order valence-corrected chi connectivity index (χ4v) is 5.93. The van der Waals surface area contributed by atoms with E-state index in [1.807, 2.05) is 37.4 Å². The predicted molar refractivity (Wildman–Crippen MR) is 125 cm³/mol. The van der Waals surface area contributed by atoms with E-state index in [-0.39, 0.29) is 24.3 Å². The first-order chi connectivity index (χ1) is 15.0. The number of likely N-dealkylation sites (N-methyl/N-ethyl adjacent to an activating group) is 1. The van der Waals surface area contributed by atoms with E-state index in [9.17, 15) is 9.59 Å². The van der Waals surface area contributed by atoms with Gasteiger partial charge in [-0.2, -0.15) is 0 Å². The van der Waals surface area contributed by atoms with Gasteiger partial charge < -0.3 is 0 Å². The molecule has 31 heavy (non-hydrogen) atoms. The summed E-state index contributed by atoms with van der Waals surface area (Å²) >= 11 is 1.66. The lowest BCUT2D eigenvalue weighted by Gasteiger charge is -2.34. The molecule has 1 unspecified atom stereocenters. The van der Waals surface area contributed by atoms with Gasteiger partial charge in [0.1, 0.15) is 5.01 Å². The van der Waals surface area contributed by atoms with E-state index >= 15 is 0 Å². The molecule has 5 rings (SSSR count). The highest BCUT2D eigenvalue weighted by Crippen LogP contribution is 2.34. The zero-order valence-electron chi connectivity index (χ0n) is 18.0. The lowest BCUT2D eigenvalue weighted by molar-refractivity contribution is -0.123. The standard InChI is InChI=1S/C25H27N3O2S/c1-16-8-13-20-22(14-16)31-24(26-20)17-9-11-19(12-10-17)28-23(29)15-21(25(28)30)27(2)18-6-4-3-5-7-18/h8-14,18,21H,3-7,15H2,1-2H3. The Morgan fingerprint density at radius 3 is 2.52 bits per heavy atom. The Bertz CT molecular complexity index is 1130. The summed E-state index contributed by atoms with van der Waals surface area (Å²) in [5.74, 6) is -0.206. The molecule has 1 atom stereocenters. The minimum atomic E-state index is -0.345. The van der Waals surface area contributed by atoms with E-state index in [1.54, 1.807) is 11.3 Å². The average molecular weight is 434 g/mol. The highest BCUT2D eigenvalue weighted by atomic mass is 32.1. The third-order valence-corrected chi connectivity index (χ3v) is 7.75. The van der Waals surface area contributed by atoms with Gasteiger partial charge in [0.05, 0.1) is 28.4 Å². The summed E-state index contributed by atoms with van der Waals surface area (Å²) in [6, 6.07) is 14.0. The Hall–Kier alpha value is -2.57. The Kier molecular flexibility index (Phi) is 5.36. The van der Waals surface area contributed by atoms with Crippen molar-refractivity contribution in [1.82, 2.24) is 9.88 Å². The van der Waals surface area contributed by atoms with Crippen LogP contribution in [0.4, 0.5) is 5.69 Å². The monoisotopic (exact) mass is 433 g/mol. The third-order valence-electron chi connectivity index (χ3n) is 6.68. The summed E-state index contributed by atoms with van der Waals surface area (Å²) in [6.45, 7) is 2.08. The van der Waals surface area contributed by atoms with Gasteiger partial charge in [-0.3, -0.25) is 14.5 Å². The van der Waals surface area contributed by atoms with E-state index in [0.717, 1.165) is 33.6 Å². The topological polar surface area (TPSA) is 53.5 Å². The molecule has 2 heterocycles. The quantitative estimate of drug-likeness (QED) is 0.533. The summed E-state index contributed by atoms with van der Waals surface area (Å²) in [4.78, 5) is 34.2. The number of aromatic nitrogens is 1. The Morgan fingerprint density at radius 1 is 1.03 bits per heavy atom. The molecule has 0 radical (unpaired) electrons. The number of benzene rings is 2. The van der Waals surface area contributed by atoms with Crippen LogP contribution in [0.2, 0.25) is 0 Å². The van der Waals surface area contributed by atoms with Gasteiger partial charge in [0, 0.05) is 11.6 Å². The number of hydrogen-bond acceptors (Lipinski definition) is 5. The van der Waals surface area contributed by atoms with Crippen molar-refractivity contribution in [2.75, 3.05) is 11.9 Å². The number of anilines is 1. The molecule has 1 saturated heterocycles. The molecule has 2 aromatic carbocycles. The van der Waals surface area contributed by atoms with E-state index < -0.39 is 0 Å². The maximum Gasteiger partial charge on any atom is 0.251 e. The summed E-state index contributed by atoms with van der Waals surface area (Å²) in [5.41, 5.74) is 3.86. The van der Waals surface area contributed by atoms with E-state index in [4.69, 9.17) is 4.98 Å². The first-order valence-electron chi connectivity index (χ1n) is 11.1. The van der Waals surface area contributed by atoms with Gasteiger partial charge in [-0.25, -0.2) is 9.88 Å². The van der Waals surface area contributed by atoms with Gasteiger partial charge >= 0.3 is 0 Å². The van der Waals surface area contributed by atoms with Gasteiger partial charge in [0.25, 0.3) is 5.91 Å². The second kappa shape index (κ2) is 8.17. The van der Waals surface area contributed by atoms with Crippen LogP contribution in [0.1, 0.15) is 44.1 Å². The van der Waals surface area contributed by atoms with Crippen molar-refractivity contribution in [3.05, 3.63) is 48.0 Å². The van der Waals surface area contributed by atoms with Gasteiger partial charge in [-0.1, -0.05) is 25.3 Å². The molecule has 3 aromatic rings. The van der Waals surface area contributed by atoms with Crippen LogP contribution in [0.15, 0.2) is 42.5 Å². The van der Waals surface area contributed by atoms with Crippen molar-refractivity contribution >= 4 is 39.1 Å². The van der Waals surface area contributed by atoms with Crippen molar-refractivity contribution in [2.24, 2.45) is 0 Å². The van der Waals surface area contributed by atoms with E-state index in [1.165, 1.54) is 29.7 Å². The van der Waals surface area contributed by atoms with Gasteiger partial charge in [0.15, 0.2) is 0 Å². The lowest BCUT2D eigenvalue weighted by Crippen LogP contribution is -2.45. The maximum absolute atomic E-state index is 13.2. The Labute approximate surface area is 186 Å². The highest BCUT2D eigenvalue weighted by molar-refractivity contribution is 7.21. The molecule has 1 saturated carbocycles. The van der Waals surface area contributed by atoms with Crippen molar-refractivity contribution in [3.8, 4) is 10.6 Å². The molecule has 5 nitrogen and oxygen atoms in total. The number of aryl methyl sites for hydroxylation is 1. The fourth-order valence-electron chi connectivity index (χ4n) is 4.86. The van der Waals surface area contributed by atoms with E-state index in [2.05, 4.69) is 24.0 Å². The van der Waals surface area contributed by atoms with Crippen LogP contribution in [0.25, 0.3) is 20.8 Å². The average Bonchev–Trinajstić information content (AvgIpc) is 3.34. The number of fused-ring (bicyclic) bond motifs is 1. The van der Waals surface area contributed by atoms with Crippen LogP contribution in [0.3, 0.4) is 0 Å². The smallest absolute Gasteiger partial charge is 0.251 e. The van der Waals surface area contributed by atoms with Crippen LogP contribution < -0.4 is 4.90 Å². The molecular formula is C25H27N3O2S. The molecule has 6 heteroatoms. The van der Waals surface area contributed by atoms with Crippen LogP contribution in [0, 0.1) is 6.92 Å². The van der Waals surface area contributed by atoms with Gasteiger partial charge in [-0.05, 0) is 68.8 Å². The van der Waals surface area contributed by atoms with Crippen LogP contribution >= 0.6 is 11.3 Å². The molecule has 2 aliphatic rings. The maximum atomic E-state index is 13.2. The van der Waals surface area contributed by atoms with Gasteiger partial charge in [0.2, 0.25) is 5.91 Å². The highest BCUT2D eigenvalue weighted by Gasteiger charge is 2.43. The van der Waals surface area contributed by atoms with Crippen LogP contribution in [0.5, 0.6) is 0 Å². The number of imide groups is 1. The first-order valence-corrected chi connectivity index (χ1v) is 11.9. The summed E-state index contributed by atoms with van der Waals surface area (Å²) < 4.78 is 1.16. The van der Waals surface area contributed by atoms with Crippen molar-refractivity contribution in [3.63, 3.8) is 0 Å². The number of hydrogen-bond donors (Lipinski definition) is 0. The molecule has 1 aromatic heterocycles. The first kappa shape index (κ1) is 20.3. The normalized spacial score (nSPS) is 20.4. The minimum Gasteiger partial charge on any atom is -0.292 e. The number of rotatable bonds is 4. The molecule has 0 N–H and O–H groups in total. The van der Waals surface area contributed by atoms with Crippen molar-refractivity contribution < 1.29 is 9.59 Å². The molecule has 0 spiro atoms. The molecule has 0 bridgehead atoms. The molecule has 2 amide bonds. The molecule has 160 valence electrons. The summed E-state index contributed by atoms with van der Waals surface area (Å²) in [6.07, 6.45) is 6.19. The lowest BCUT2D eigenvalue weighted by atomic mass is 9.93. The zero-order chi connectivity index (χ0) is 21.5. The molecule has 2 fully saturated rings. The Balaban J connectivity index is 1.36. The largest absolute Gasteiger partial charge is 0.292 e. The number of thiazole rings is 1. The fraction of sp³-hybridized carbons (Fsp3) is 0.400. The molecule has 1 aliphatic carbocycles. The number of nitrogens with zero attached hydrogens (tertiary/aromatic N) is 3. The van der Waals surface area contributed by atoms with Crippen molar-refractivity contribution in [1.29, 1.82) is 0 Å². The second-order valence-electron chi connectivity index (χ2n) is 8.78. The number of carbonyl (C=O) groups excluding carboxylic acids is 2. The third kappa shape index (κ3) is 3.79. The minimum absolute atomic E-state index is 0.0960. The predicted octanol–water partition coefficient (Wildman–Crippen LogP) is 5.17. The number of amides is 2. The summed E-state index contributed by atoms with van der Waals surface area (Å²) in [7, 11) is 2.01. The van der Waals surface area contributed by atoms with E-state index in [0.29, 0.717) is 11.7 Å². The van der Waals surface area contributed by atoms with Crippen LogP contribution in [-0.4, -0.2) is 40.8 Å². The van der Waals surface area contributed by atoms with Crippen molar-refractivity contribution in [2.45, 2.75) is 57.5 Å². The van der Waals surface area contributed by atoms with Crippen LogP contribution in [-0.2, 0) is 9.59 Å². The number of carbonyl (C=O) groups is 2. The zero-order valence-corrected chi connectivity index (χ0v) is 18.8. The SMILES string of the molecule is Cc1ccc2nc(-c3ccc(N4C(=O)CC(N(C)C5CCCCC5)C4=O)cc3)sc2c1.